The average Bonchev–Trinajstić information content (AvgIpc) is 3.15. The van der Waals surface area contributed by atoms with Gasteiger partial charge in [0.05, 0.1) is 39.3 Å². The molecule has 0 aromatic heterocycles. The normalized spacial score (nSPS) is 12.6. The number of alkyl carbamates (subject to hydrolysis) is 1. The van der Waals surface area contributed by atoms with Crippen LogP contribution in [0.1, 0.15) is 99.8 Å². The molecule has 19 nitrogen and oxygen atoms in total. The summed E-state index contributed by atoms with van der Waals surface area (Å²) in [7, 11) is 0. The highest BCUT2D eigenvalue weighted by Crippen LogP contribution is 2.13. The second-order valence-corrected chi connectivity index (χ2v) is 20.1. The third kappa shape index (κ3) is 28.2. The van der Waals surface area contributed by atoms with Crippen LogP contribution in [-0.4, -0.2) is 149 Å². The maximum Gasteiger partial charge on any atom is 0.408 e. The minimum Gasteiger partial charge on any atom is -0.480 e. The second-order valence-electron chi connectivity index (χ2n) is 20.1. The molecule has 3 amide bonds. The number of carbonyl (C=O) groups excluding carboxylic acids is 6. The summed E-state index contributed by atoms with van der Waals surface area (Å²) < 4.78 is 21.8. The van der Waals surface area contributed by atoms with E-state index in [-0.39, 0.29) is 77.8 Å². The smallest absolute Gasteiger partial charge is 0.408 e. The molecule has 0 heterocycles. The van der Waals surface area contributed by atoms with E-state index in [1.54, 1.807) is 117 Å². The van der Waals surface area contributed by atoms with Crippen LogP contribution in [0, 0.1) is 0 Å². The summed E-state index contributed by atoms with van der Waals surface area (Å²) in [4.78, 5) is 99.6. The third-order valence-electron chi connectivity index (χ3n) is 8.72. The standard InChI is InChI=1S/C48H74N6O13/c1-45(2,3)64-40(58)30-53(29-39(56)57)24-22-52(23-25-54(31-41(59)65-46(4,5)6)32-42(60)66-47(7,8)9)28-38(55)49-27-35-18-20-36(21-19-35)33-63-51-43(61)37(26-34-16-14-13-15-17-34)50-44(62)67-48(10,11)12/h13-21,37H,22-33H2,1-12H3,(H,49,55)(H,50,62)(H,51,61)(H,56,57)/t37-/m1/s1. The monoisotopic (exact) mass is 943 g/mol. The Hall–Kier alpha value is -5.63. The van der Waals surface area contributed by atoms with Gasteiger partial charge in [-0.05, 0) is 99.8 Å². The van der Waals surface area contributed by atoms with Gasteiger partial charge in [0.15, 0.2) is 0 Å². The van der Waals surface area contributed by atoms with Crippen molar-refractivity contribution in [1.29, 1.82) is 0 Å². The fraction of sp³-hybridized carbons (Fsp3) is 0.604. The summed E-state index contributed by atoms with van der Waals surface area (Å²) >= 11 is 0. The zero-order valence-electron chi connectivity index (χ0n) is 41.4. The van der Waals surface area contributed by atoms with E-state index in [0.29, 0.717) is 5.56 Å². The minimum absolute atomic E-state index is 0.00350. The molecule has 1 atom stereocenters. The number of carbonyl (C=O) groups is 7. The molecule has 67 heavy (non-hydrogen) atoms. The van der Waals surface area contributed by atoms with Crippen LogP contribution in [0.2, 0.25) is 0 Å². The number of aliphatic carboxylic acids is 1. The summed E-state index contributed by atoms with van der Waals surface area (Å²) in [5.74, 6) is -3.83. The molecule has 0 saturated heterocycles. The highest BCUT2D eigenvalue weighted by Gasteiger charge is 2.27. The van der Waals surface area contributed by atoms with Gasteiger partial charge in [-0.1, -0.05) is 54.6 Å². The number of benzene rings is 2. The van der Waals surface area contributed by atoms with Crippen LogP contribution < -0.4 is 16.1 Å². The Morgan fingerprint density at radius 1 is 0.537 bits per heavy atom. The van der Waals surface area contributed by atoms with Crippen LogP contribution >= 0.6 is 0 Å². The van der Waals surface area contributed by atoms with Gasteiger partial charge < -0.3 is 34.7 Å². The van der Waals surface area contributed by atoms with E-state index in [9.17, 15) is 38.7 Å². The number of hydrogen-bond donors (Lipinski definition) is 4. The van der Waals surface area contributed by atoms with E-state index < -0.39 is 70.9 Å². The minimum atomic E-state index is -1.16. The van der Waals surface area contributed by atoms with Crippen molar-refractivity contribution >= 4 is 41.8 Å². The molecule has 19 heteroatoms. The van der Waals surface area contributed by atoms with Gasteiger partial charge in [0.25, 0.3) is 5.91 Å². The van der Waals surface area contributed by atoms with Crippen LogP contribution in [0.5, 0.6) is 0 Å². The molecule has 0 fully saturated rings. The van der Waals surface area contributed by atoms with E-state index in [1.807, 2.05) is 30.3 Å². The number of hydroxylamine groups is 1. The first kappa shape index (κ1) is 57.5. The lowest BCUT2D eigenvalue weighted by Crippen LogP contribution is -2.49. The predicted molar refractivity (Wildman–Crippen MR) is 249 cm³/mol. The van der Waals surface area contributed by atoms with Crippen molar-refractivity contribution in [2.45, 2.75) is 131 Å². The number of rotatable bonds is 25. The van der Waals surface area contributed by atoms with Crippen molar-refractivity contribution in [3.05, 3.63) is 71.3 Å². The highest BCUT2D eigenvalue weighted by molar-refractivity contribution is 5.85. The Kier molecular flexibility index (Phi) is 22.9. The van der Waals surface area contributed by atoms with Gasteiger partial charge in [0.2, 0.25) is 5.91 Å². The number of carboxylic acids is 1. The molecule has 0 saturated carbocycles. The number of hydrogen-bond acceptors (Lipinski definition) is 15. The molecule has 374 valence electrons. The molecule has 0 spiro atoms. The molecule has 4 N–H and O–H groups in total. The van der Waals surface area contributed by atoms with E-state index in [1.165, 1.54) is 4.90 Å². The second kappa shape index (κ2) is 26.6. The van der Waals surface area contributed by atoms with Crippen molar-refractivity contribution < 1.29 is 62.5 Å². The molecular weight excluding hydrogens is 869 g/mol. The van der Waals surface area contributed by atoms with E-state index in [4.69, 9.17) is 23.8 Å². The maximum atomic E-state index is 13.5. The van der Waals surface area contributed by atoms with Crippen LogP contribution in [-0.2, 0) is 72.1 Å². The van der Waals surface area contributed by atoms with Gasteiger partial charge in [0.1, 0.15) is 28.4 Å². The SMILES string of the molecule is CC(C)(C)OC(=O)CN(CCN(CCN(CC(=O)OC(C)(C)C)CC(=O)OC(C)(C)C)CC(=O)NCc1ccc(CONC(=O)[C@@H](Cc2ccccc2)NC(=O)OC(C)(C)C)cc1)CC(=O)O. The molecule has 0 aliphatic rings. The third-order valence-corrected chi connectivity index (χ3v) is 8.72. The molecule has 0 aliphatic heterocycles. The van der Waals surface area contributed by atoms with Gasteiger partial charge in [-0.25, -0.2) is 10.3 Å². The molecule has 0 unspecified atom stereocenters. The first-order valence-corrected chi connectivity index (χ1v) is 22.3. The Bertz CT molecular complexity index is 1890. The Labute approximate surface area is 395 Å². The largest absolute Gasteiger partial charge is 0.480 e. The van der Waals surface area contributed by atoms with Gasteiger partial charge in [-0.15, -0.1) is 0 Å². The van der Waals surface area contributed by atoms with E-state index in [2.05, 4.69) is 16.1 Å². The number of carboxylic acid groups (broad SMARTS) is 1. The van der Waals surface area contributed by atoms with E-state index >= 15 is 0 Å². The van der Waals surface area contributed by atoms with Crippen molar-refractivity contribution in [3.8, 4) is 0 Å². The van der Waals surface area contributed by atoms with Gasteiger partial charge >= 0.3 is 30.0 Å². The van der Waals surface area contributed by atoms with E-state index in [0.717, 1.165) is 11.1 Å². The summed E-state index contributed by atoms with van der Waals surface area (Å²) in [5, 5.41) is 15.1. The van der Waals surface area contributed by atoms with Gasteiger partial charge in [-0.2, -0.15) is 0 Å². The average molecular weight is 943 g/mol. The molecular formula is C48H74N6O13. The number of nitrogens with one attached hydrogen (secondary N) is 3. The topological polar surface area (TPSA) is 232 Å². The van der Waals surface area contributed by atoms with Crippen molar-refractivity contribution in [2.75, 3.05) is 58.9 Å². The zero-order valence-corrected chi connectivity index (χ0v) is 41.4. The lowest BCUT2D eigenvalue weighted by molar-refractivity contribution is -0.160. The predicted octanol–water partition coefficient (Wildman–Crippen LogP) is 4.00. The highest BCUT2D eigenvalue weighted by atomic mass is 16.7. The Morgan fingerprint density at radius 3 is 1.42 bits per heavy atom. The summed E-state index contributed by atoms with van der Waals surface area (Å²) in [6, 6.07) is 15.3. The first-order chi connectivity index (χ1) is 30.9. The number of esters is 3. The molecule has 2 rings (SSSR count). The Balaban J connectivity index is 2.15. The molecule has 2 aromatic rings. The van der Waals surface area contributed by atoms with Crippen molar-refractivity contribution in [1.82, 2.24) is 30.8 Å². The molecule has 2 aromatic carbocycles. The lowest BCUT2D eigenvalue weighted by Gasteiger charge is -2.30. The molecule has 0 aliphatic carbocycles. The molecule has 0 radical (unpaired) electrons. The number of amides is 3. The molecule has 0 bridgehead atoms. The fourth-order valence-electron chi connectivity index (χ4n) is 6.11. The van der Waals surface area contributed by atoms with Crippen molar-refractivity contribution in [2.24, 2.45) is 0 Å². The maximum absolute atomic E-state index is 13.5. The van der Waals surface area contributed by atoms with Crippen LogP contribution in [0.4, 0.5) is 4.79 Å². The van der Waals surface area contributed by atoms with Gasteiger partial charge in [-0.3, -0.25) is 48.3 Å². The first-order valence-electron chi connectivity index (χ1n) is 22.3. The fourth-order valence-corrected chi connectivity index (χ4v) is 6.11. The van der Waals surface area contributed by atoms with Crippen LogP contribution in [0.15, 0.2) is 54.6 Å². The van der Waals surface area contributed by atoms with Gasteiger partial charge in [0, 0.05) is 39.1 Å². The summed E-state index contributed by atoms with van der Waals surface area (Å²) in [6.45, 7) is 19.9. The zero-order chi connectivity index (χ0) is 50.6. The van der Waals surface area contributed by atoms with Crippen LogP contribution in [0.25, 0.3) is 0 Å². The van der Waals surface area contributed by atoms with Crippen molar-refractivity contribution in [3.63, 3.8) is 0 Å². The number of nitrogens with zero attached hydrogens (tertiary/aromatic N) is 3. The summed E-state index contributed by atoms with van der Waals surface area (Å²) in [5.41, 5.74) is 1.60. The summed E-state index contributed by atoms with van der Waals surface area (Å²) in [6.07, 6.45) is -0.542. The van der Waals surface area contributed by atoms with Crippen LogP contribution in [0.3, 0.4) is 0 Å². The Morgan fingerprint density at radius 2 is 0.970 bits per heavy atom. The lowest BCUT2D eigenvalue weighted by atomic mass is 10.1. The number of ether oxygens (including phenoxy) is 4. The quantitative estimate of drug-likeness (QED) is 0.0626.